The van der Waals surface area contributed by atoms with Gasteiger partial charge in [-0.15, -0.1) is 11.3 Å². The summed E-state index contributed by atoms with van der Waals surface area (Å²) in [6.45, 7) is 2.20. The number of hydrogen-bond acceptors (Lipinski definition) is 2. The third-order valence-electron chi connectivity index (χ3n) is 3.80. The Kier molecular flexibility index (Phi) is 3.79. The quantitative estimate of drug-likeness (QED) is 0.821. The first-order valence-corrected chi connectivity index (χ1v) is 8.44. The maximum atomic E-state index is 6.29. The number of benzene rings is 1. The van der Waals surface area contributed by atoms with E-state index >= 15 is 0 Å². The number of rotatable bonds is 4. The second-order valence-electron chi connectivity index (χ2n) is 5.22. The number of thiophene rings is 1. The van der Waals surface area contributed by atoms with E-state index in [1.54, 1.807) is 0 Å². The molecule has 0 radical (unpaired) electrons. The molecule has 1 saturated carbocycles. The highest BCUT2D eigenvalue weighted by Crippen LogP contribution is 2.43. The van der Waals surface area contributed by atoms with Crippen LogP contribution in [0.25, 0.3) is 10.4 Å². The van der Waals surface area contributed by atoms with Crippen LogP contribution in [-0.4, -0.2) is 0 Å². The molecule has 3 rings (SSSR count). The normalized spacial score (nSPS) is 16.6. The van der Waals surface area contributed by atoms with Crippen LogP contribution >= 0.6 is 27.3 Å². The zero-order valence-corrected chi connectivity index (χ0v) is 13.4. The molecule has 3 heteroatoms. The third-order valence-corrected chi connectivity index (χ3v) is 5.51. The van der Waals surface area contributed by atoms with Gasteiger partial charge in [0.1, 0.15) is 0 Å². The van der Waals surface area contributed by atoms with Gasteiger partial charge in [-0.2, -0.15) is 0 Å². The summed E-state index contributed by atoms with van der Waals surface area (Å²) in [5, 5.41) is 0. The van der Waals surface area contributed by atoms with E-state index in [9.17, 15) is 0 Å². The highest BCUT2D eigenvalue weighted by molar-refractivity contribution is 9.10. The minimum absolute atomic E-state index is 0.249. The van der Waals surface area contributed by atoms with Crippen LogP contribution in [0, 0.1) is 5.92 Å². The minimum Gasteiger partial charge on any atom is -0.323 e. The molecule has 0 spiro atoms. The van der Waals surface area contributed by atoms with Gasteiger partial charge in [0, 0.05) is 20.3 Å². The van der Waals surface area contributed by atoms with E-state index in [2.05, 4.69) is 53.2 Å². The summed E-state index contributed by atoms with van der Waals surface area (Å²) in [5.74, 6) is 0.724. The molecule has 0 saturated heterocycles. The molecule has 1 aliphatic carbocycles. The maximum Gasteiger partial charge on any atom is 0.0418 e. The van der Waals surface area contributed by atoms with Gasteiger partial charge in [0.2, 0.25) is 0 Å². The van der Waals surface area contributed by atoms with Gasteiger partial charge in [-0.05, 0) is 60.6 Å². The van der Waals surface area contributed by atoms with E-state index in [1.807, 2.05) is 11.3 Å². The lowest BCUT2D eigenvalue weighted by atomic mass is 10.0. The van der Waals surface area contributed by atoms with Gasteiger partial charge in [-0.1, -0.05) is 28.9 Å². The first-order chi connectivity index (χ1) is 9.19. The van der Waals surface area contributed by atoms with Crippen molar-refractivity contribution in [3.05, 3.63) is 45.2 Å². The zero-order valence-electron chi connectivity index (χ0n) is 11.0. The van der Waals surface area contributed by atoms with Crippen LogP contribution < -0.4 is 5.73 Å². The average molecular weight is 336 g/mol. The average Bonchev–Trinajstić information content (AvgIpc) is 3.15. The Morgan fingerprint density at radius 3 is 2.79 bits per heavy atom. The van der Waals surface area contributed by atoms with E-state index in [1.165, 1.54) is 33.7 Å². The third kappa shape index (κ3) is 2.78. The summed E-state index contributed by atoms with van der Waals surface area (Å²) in [6, 6.07) is 11.2. The van der Waals surface area contributed by atoms with Gasteiger partial charge >= 0.3 is 0 Å². The second-order valence-corrected chi connectivity index (χ2v) is 7.25. The molecule has 2 aromatic rings. The summed E-state index contributed by atoms with van der Waals surface area (Å²) in [4.78, 5) is 2.68. The zero-order chi connectivity index (χ0) is 13.4. The number of halogens is 1. The molecule has 0 bridgehead atoms. The predicted octanol–water partition coefficient (Wildman–Crippen LogP) is 5.15. The van der Waals surface area contributed by atoms with Crippen molar-refractivity contribution in [1.82, 2.24) is 0 Å². The molecule has 1 atom stereocenters. The lowest BCUT2D eigenvalue weighted by Gasteiger charge is -2.08. The Labute approximate surface area is 127 Å². The molecule has 2 N–H and O–H groups in total. The van der Waals surface area contributed by atoms with Crippen LogP contribution in [0.5, 0.6) is 0 Å². The minimum atomic E-state index is 0.249. The maximum absolute atomic E-state index is 6.29. The summed E-state index contributed by atoms with van der Waals surface area (Å²) >= 11 is 5.41. The summed E-state index contributed by atoms with van der Waals surface area (Å²) in [6.07, 6.45) is 3.65. The Morgan fingerprint density at radius 1 is 1.32 bits per heavy atom. The Balaban J connectivity index is 1.93. The molecule has 0 amide bonds. The van der Waals surface area contributed by atoms with Crippen LogP contribution in [0.15, 0.2) is 34.8 Å². The van der Waals surface area contributed by atoms with Crippen molar-refractivity contribution in [2.24, 2.45) is 11.7 Å². The van der Waals surface area contributed by atoms with E-state index in [4.69, 9.17) is 5.73 Å². The van der Waals surface area contributed by atoms with E-state index < -0.39 is 0 Å². The van der Waals surface area contributed by atoms with Crippen molar-refractivity contribution >= 4 is 27.3 Å². The van der Waals surface area contributed by atoms with Crippen molar-refractivity contribution in [3.63, 3.8) is 0 Å². The van der Waals surface area contributed by atoms with Gasteiger partial charge in [0.15, 0.2) is 0 Å². The topological polar surface area (TPSA) is 26.0 Å². The summed E-state index contributed by atoms with van der Waals surface area (Å²) < 4.78 is 1.15. The summed E-state index contributed by atoms with van der Waals surface area (Å²) in [7, 11) is 0. The Bertz CT molecular complexity index is 586. The second kappa shape index (κ2) is 5.39. The molecular formula is C16H18BrNS. The highest BCUT2D eigenvalue weighted by atomic mass is 79.9. The fraction of sp³-hybridized carbons (Fsp3) is 0.375. The van der Waals surface area contributed by atoms with Crippen molar-refractivity contribution in [2.45, 2.75) is 32.2 Å². The van der Waals surface area contributed by atoms with Gasteiger partial charge in [-0.25, -0.2) is 0 Å². The number of aryl methyl sites for hydroxylation is 1. The van der Waals surface area contributed by atoms with E-state index in [0.717, 1.165) is 16.8 Å². The van der Waals surface area contributed by atoms with Gasteiger partial charge < -0.3 is 5.73 Å². The Morgan fingerprint density at radius 2 is 2.11 bits per heavy atom. The van der Waals surface area contributed by atoms with Crippen LogP contribution in [0.1, 0.15) is 36.2 Å². The molecule has 1 aromatic heterocycles. The molecule has 1 aliphatic rings. The molecule has 1 unspecified atom stereocenters. The van der Waals surface area contributed by atoms with Crippen LogP contribution in [0.3, 0.4) is 0 Å². The fourth-order valence-corrected chi connectivity index (χ4v) is 4.03. The van der Waals surface area contributed by atoms with E-state index in [0.29, 0.717) is 0 Å². The summed E-state index contributed by atoms with van der Waals surface area (Å²) in [5.41, 5.74) is 9.03. The first-order valence-electron chi connectivity index (χ1n) is 6.83. The van der Waals surface area contributed by atoms with Crippen LogP contribution in [0.2, 0.25) is 0 Å². The largest absolute Gasteiger partial charge is 0.323 e. The highest BCUT2D eigenvalue weighted by Gasteiger charge is 2.30. The van der Waals surface area contributed by atoms with Gasteiger partial charge in [0.05, 0.1) is 0 Å². The molecule has 1 nitrogen and oxygen atoms in total. The van der Waals surface area contributed by atoms with Crippen molar-refractivity contribution in [1.29, 1.82) is 0 Å². The first kappa shape index (κ1) is 13.3. The molecule has 19 heavy (non-hydrogen) atoms. The fourth-order valence-electron chi connectivity index (χ4n) is 2.46. The standard InChI is InChI=1S/C16H18BrNS/c1-2-10-9-12(17)5-6-13(10)14-7-8-15(19-14)16(18)11-3-4-11/h5-9,11,16H,2-4,18H2,1H3. The monoisotopic (exact) mass is 335 g/mol. The Hall–Kier alpha value is -0.640. The van der Waals surface area contributed by atoms with Crippen LogP contribution in [-0.2, 0) is 6.42 Å². The van der Waals surface area contributed by atoms with Crippen LogP contribution in [0.4, 0.5) is 0 Å². The number of nitrogens with two attached hydrogens (primary N) is 1. The predicted molar refractivity (Wildman–Crippen MR) is 86.5 cm³/mol. The van der Waals surface area contributed by atoms with Gasteiger partial charge in [-0.3, -0.25) is 0 Å². The lowest BCUT2D eigenvalue weighted by Crippen LogP contribution is -2.10. The van der Waals surface area contributed by atoms with Gasteiger partial charge in [0.25, 0.3) is 0 Å². The smallest absolute Gasteiger partial charge is 0.0418 e. The molecule has 0 aliphatic heterocycles. The van der Waals surface area contributed by atoms with Crippen molar-refractivity contribution < 1.29 is 0 Å². The molecule has 100 valence electrons. The molecule has 1 aromatic carbocycles. The molecule has 1 fully saturated rings. The van der Waals surface area contributed by atoms with Crippen molar-refractivity contribution in [3.8, 4) is 10.4 Å². The van der Waals surface area contributed by atoms with Crippen molar-refractivity contribution in [2.75, 3.05) is 0 Å². The lowest BCUT2D eigenvalue weighted by molar-refractivity contribution is 0.645. The number of hydrogen-bond donors (Lipinski definition) is 1. The molecular weight excluding hydrogens is 318 g/mol. The SMILES string of the molecule is CCc1cc(Br)ccc1-c1ccc(C(N)C2CC2)s1. The van der Waals surface area contributed by atoms with E-state index in [-0.39, 0.29) is 6.04 Å². The molecule has 1 heterocycles.